The van der Waals surface area contributed by atoms with Crippen molar-refractivity contribution in [3.05, 3.63) is 11.9 Å². The maximum atomic E-state index is 11.4. The minimum Gasteiger partial charge on any atom is -0.369 e. The van der Waals surface area contributed by atoms with Gasteiger partial charge in [0.1, 0.15) is 18.0 Å². The first kappa shape index (κ1) is 13.5. The molecule has 1 aromatic heterocycles. The lowest BCUT2D eigenvalue weighted by molar-refractivity contribution is -0.122. The SMILES string of the molecule is Cc1c(NN)ncnc1N1CC(C(N)=O)CCC1C. The summed E-state index contributed by atoms with van der Waals surface area (Å²) in [5, 5.41) is 0. The second-order valence-corrected chi connectivity index (χ2v) is 4.99. The van der Waals surface area contributed by atoms with Crippen molar-refractivity contribution in [3.8, 4) is 0 Å². The summed E-state index contributed by atoms with van der Waals surface area (Å²) in [6.45, 7) is 4.62. The number of primary amides is 1. The van der Waals surface area contributed by atoms with Crippen molar-refractivity contribution in [2.24, 2.45) is 17.5 Å². The molecular weight excluding hydrogens is 244 g/mol. The van der Waals surface area contributed by atoms with Gasteiger partial charge in [-0.3, -0.25) is 4.79 Å². The van der Waals surface area contributed by atoms with Gasteiger partial charge in [0.05, 0.1) is 5.92 Å². The average molecular weight is 264 g/mol. The van der Waals surface area contributed by atoms with E-state index >= 15 is 0 Å². The van der Waals surface area contributed by atoms with Gasteiger partial charge in [-0.2, -0.15) is 0 Å². The van der Waals surface area contributed by atoms with Crippen LogP contribution in [0.3, 0.4) is 0 Å². The summed E-state index contributed by atoms with van der Waals surface area (Å²) < 4.78 is 0. The topological polar surface area (TPSA) is 110 Å². The second-order valence-electron chi connectivity index (χ2n) is 4.99. The zero-order chi connectivity index (χ0) is 14.0. The summed E-state index contributed by atoms with van der Waals surface area (Å²) >= 11 is 0. The number of nitrogen functional groups attached to an aromatic ring is 1. The van der Waals surface area contributed by atoms with Crippen LogP contribution in [0, 0.1) is 12.8 Å². The van der Waals surface area contributed by atoms with E-state index in [1.807, 2.05) is 6.92 Å². The van der Waals surface area contributed by atoms with Crippen molar-refractivity contribution in [2.75, 3.05) is 16.9 Å². The summed E-state index contributed by atoms with van der Waals surface area (Å²) in [6.07, 6.45) is 3.22. The molecule has 2 unspecified atom stereocenters. The Morgan fingerprint density at radius 2 is 2.21 bits per heavy atom. The summed E-state index contributed by atoms with van der Waals surface area (Å²) in [4.78, 5) is 21.9. The molecule has 2 atom stereocenters. The number of nitrogens with one attached hydrogen (secondary N) is 1. The van der Waals surface area contributed by atoms with Crippen molar-refractivity contribution in [3.63, 3.8) is 0 Å². The predicted octanol–water partition coefficient (Wildman–Crippen LogP) is 0.161. The molecule has 19 heavy (non-hydrogen) atoms. The number of hydrazine groups is 1. The van der Waals surface area contributed by atoms with Gasteiger partial charge in [-0.05, 0) is 26.7 Å². The largest absolute Gasteiger partial charge is 0.369 e. The van der Waals surface area contributed by atoms with E-state index in [0.717, 1.165) is 24.2 Å². The number of nitrogens with zero attached hydrogens (tertiary/aromatic N) is 3. The highest BCUT2D eigenvalue weighted by atomic mass is 16.1. The van der Waals surface area contributed by atoms with Gasteiger partial charge in [-0.1, -0.05) is 0 Å². The molecule has 0 saturated carbocycles. The van der Waals surface area contributed by atoms with E-state index in [1.54, 1.807) is 0 Å². The van der Waals surface area contributed by atoms with E-state index in [9.17, 15) is 4.79 Å². The summed E-state index contributed by atoms with van der Waals surface area (Å²) in [5.41, 5.74) is 8.85. The zero-order valence-corrected chi connectivity index (χ0v) is 11.3. The lowest BCUT2D eigenvalue weighted by atomic mass is 9.92. The number of piperidine rings is 1. The van der Waals surface area contributed by atoms with Crippen molar-refractivity contribution in [2.45, 2.75) is 32.7 Å². The van der Waals surface area contributed by atoms with E-state index in [4.69, 9.17) is 11.6 Å². The van der Waals surface area contributed by atoms with Crippen molar-refractivity contribution in [1.29, 1.82) is 0 Å². The van der Waals surface area contributed by atoms with E-state index in [0.29, 0.717) is 18.4 Å². The standard InChI is InChI=1S/C12H20N6O/c1-7-3-4-9(10(13)19)5-18(7)12-8(2)11(17-14)15-6-16-12/h6-7,9H,3-5,14H2,1-2H3,(H2,13,19)(H,15,16,17). The maximum absolute atomic E-state index is 11.4. The Hall–Kier alpha value is -1.89. The number of hydrogen-bond acceptors (Lipinski definition) is 6. The van der Waals surface area contributed by atoms with Crippen LogP contribution in [-0.4, -0.2) is 28.5 Å². The summed E-state index contributed by atoms with van der Waals surface area (Å²) in [7, 11) is 0. The molecule has 0 aromatic carbocycles. The molecule has 7 heteroatoms. The number of rotatable bonds is 3. The van der Waals surface area contributed by atoms with Gasteiger partial charge in [0.2, 0.25) is 5.91 Å². The Labute approximate surface area is 112 Å². The van der Waals surface area contributed by atoms with E-state index in [2.05, 4.69) is 27.2 Å². The lowest BCUT2D eigenvalue weighted by Gasteiger charge is -2.38. The summed E-state index contributed by atoms with van der Waals surface area (Å²) in [6, 6.07) is 0.315. The predicted molar refractivity (Wildman–Crippen MR) is 73.3 cm³/mol. The smallest absolute Gasteiger partial charge is 0.222 e. The number of carbonyl (C=O) groups is 1. The van der Waals surface area contributed by atoms with Crippen LogP contribution in [0.4, 0.5) is 11.6 Å². The quantitative estimate of drug-likeness (QED) is 0.530. The fourth-order valence-electron chi connectivity index (χ4n) is 2.51. The van der Waals surface area contributed by atoms with Crippen LogP contribution < -0.4 is 21.9 Å². The molecule has 104 valence electrons. The molecule has 7 nitrogen and oxygen atoms in total. The van der Waals surface area contributed by atoms with Crippen LogP contribution >= 0.6 is 0 Å². The number of anilines is 2. The number of aromatic nitrogens is 2. The van der Waals surface area contributed by atoms with E-state index in [-0.39, 0.29) is 11.8 Å². The molecule has 1 aliphatic rings. The highest BCUT2D eigenvalue weighted by Crippen LogP contribution is 2.29. The Balaban J connectivity index is 2.31. The first-order chi connectivity index (χ1) is 9.04. The third-order valence-electron chi connectivity index (χ3n) is 3.75. The third-order valence-corrected chi connectivity index (χ3v) is 3.75. The van der Waals surface area contributed by atoms with Gasteiger partial charge in [0, 0.05) is 18.2 Å². The molecular formula is C12H20N6O. The van der Waals surface area contributed by atoms with Gasteiger partial charge in [0.25, 0.3) is 0 Å². The highest BCUT2D eigenvalue weighted by molar-refractivity contribution is 5.77. The number of hydrogen-bond donors (Lipinski definition) is 3. The molecule has 2 rings (SSSR count). The van der Waals surface area contributed by atoms with Crippen LogP contribution in [0.2, 0.25) is 0 Å². The molecule has 1 fully saturated rings. The normalized spacial score (nSPS) is 23.2. The van der Waals surface area contributed by atoms with Crippen LogP contribution in [0.25, 0.3) is 0 Å². The Morgan fingerprint density at radius 1 is 1.47 bits per heavy atom. The number of carbonyl (C=O) groups excluding carboxylic acids is 1. The van der Waals surface area contributed by atoms with E-state index < -0.39 is 0 Å². The van der Waals surface area contributed by atoms with Gasteiger partial charge in [-0.15, -0.1) is 0 Å². The number of nitrogens with two attached hydrogens (primary N) is 2. The third kappa shape index (κ3) is 2.60. The minimum absolute atomic E-state index is 0.125. The van der Waals surface area contributed by atoms with Crippen molar-refractivity contribution < 1.29 is 4.79 Å². The van der Waals surface area contributed by atoms with Gasteiger partial charge in [0.15, 0.2) is 0 Å². The van der Waals surface area contributed by atoms with E-state index in [1.165, 1.54) is 6.33 Å². The molecule has 0 spiro atoms. The molecule has 1 aromatic rings. The molecule has 2 heterocycles. The average Bonchev–Trinajstić information content (AvgIpc) is 2.39. The van der Waals surface area contributed by atoms with Crippen LogP contribution in [0.15, 0.2) is 6.33 Å². The fraction of sp³-hybridized carbons (Fsp3) is 0.583. The molecule has 0 aliphatic carbocycles. The Kier molecular flexibility index (Phi) is 3.84. The van der Waals surface area contributed by atoms with Crippen LogP contribution in [-0.2, 0) is 4.79 Å². The summed E-state index contributed by atoms with van der Waals surface area (Å²) in [5.74, 6) is 6.45. The van der Waals surface area contributed by atoms with Crippen molar-refractivity contribution >= 4 is 17.5 Å². The van der Waals surface area contributed by atoms with Gasteiger partial charge < -0.3 is 16.1 Å². The molecule has 1 saturated heterocycles. The first-order valence-corrected chi connectivity index (χ1v) is 6.38. The first-order valence-electron chi connectivity index (χ1n) is 6.38. The van der Waals surface area contributed by atoms with Crippen molar-refractivity contribution in [1.82, 2.24) is 9.97 Å². The molecule has 1 aliphatic heterocycles. The maximum Gasteiger partial charge on any atom is 0.222 e. The Bertz CT molecular complexity index is 477. The number of amides is 1. The second kappa shape index (κ2) is 5.40. The minimum atomic E-state index is -0.249. The zero-order valence-electron chi connectivity index (χ0n) is 11.3. The van der Waals surface area contributed by atoms with Crippen LogP contribution in [0.1, 0.15) is 25.3 Å². The molecule has 0 radical (unpaired) electrons. The molecule has 5 N–H and O–H groups in total. The van der Waals surface area contributed by atoms with Crippen LogP contribution in [0.5, 0.6) is 0 Å². The highest BCUT2D eigenvalue weighted by Gasteiger charge is 2.30. The Morgan fingerprint density at radius 3 is 2.84 bits per heavy atom. The fourth-order valence-corrected chi connectivity index (χ4v) is 2.51. The molecule has 1 amide bonds. The lowest BCUT2D eigenvalue weighted by Crippen LogP contribution is -2.46. The molecule has 0 bridgehead atoms. The van der Waals surface area contributed by atoms with Gasteiger partial charge in [-0.25, -0.2) is 15.8 Å². The van der Waals surface area contributed by atoms with Gasteiger partial charge >= 0.3 is 0 Å². The monoisotopic (exact) mass is 264 g/mol.